The molecular weight excluding hydrogens is 983 g/mol. The van der Waals surface area contributed by atoms with Gasteiger partial charge in [0, 0.05) is 12.8 Å². The predicted octanol–water partition coefficient (Wildman–Crippen LogP) is 23.7. The monoisotopic (exact) mass is 1130 g/mol. The Kier molecular flexibility index (Phi) is 68.4. The number of carbonyl (C=O) groups excluding carboxylic acids is 2. The lowest BCUT2D eigenvalue weighted by Crippen LogP contribution is -2.45. The second-order valence-corrected chi connectivity index (χ2v) is 25.3. The molecule has 0 saturated carbocycles. The number of unbranched alkanes of at least 4 members (excludes halogenated alkanes) is 54. The quantitative estimate of drug-likeness (QED) is 0.0320. The first-order valence-electron chi connectivity index (χ1n) is 36.6. The molecule has 0 aromatic rings. The van der Waals surface area contributed by atoms with Crippen LogP contribution >= 0.6 is 0 Å². The zero-order valence-electron chi connectivity index (χ0n) is 54.3. The number of nitrogens with one attached hydrogen (secondary N) is 1. The molecule has 0 aromatic heterocycles. The smallest absolute Gasteiger partial charge is 0.305 e. The number of hydrogen-bond acceptors (Lipinski definition) is 5. The van der Waals surface area contributed by atoms with Crippen molar-refractivity contribution in [3.63, 3.8) is 0 Å². The Balaban J connectivity index is 3.35. The van der Waals surface area contributed by atoms with Gasteiger partial charge in [0.15, 0.2) is 0 Å². The predicted molar refractivity (Wildman–Crippen MR) is 352 cm³/mol. The summed E-state index contributed by atoms with van der Waals surface area (Å²) in [5.74, 6) is -0.0227. The summed E-state index contributed by atoms with van der Waals surface area (Å²) in [7, 11) is 0. The van der Waals surface area contributed by atoms with Crippen molar-refractivity contribution >= 4 is 11.9 Å². The van der Waals surface area contributed by atoms with Crippen molar-refractivity contribution in [1.29, 1.82) is 0 Å². The number of aliphatic hydroxyl groups is 2. The molecule has 6 heteroatoms. The van der Waals surface area contributed by atoms with Crippen LogP contribution in [0.5, 0.6) is 0 Å². The van der Waals surface area contributed by atoms with Gasteiger partial charge >= 0.3 is 5.97 Å². The first-order chi connectivity index (χ1) is 39.5. The van der Waals surface area contributed by atoms with E-state index in [1.807, 2.05) is 0 Å². The average Bonchev–Trinajstić information content (AvgIpc) is 3.46. The number of hydrogen-bond donors (Lipinski definition) is 3. The molecule has 3 N–H and O–H groups in total. The highest BCUT2D eigenvalue weighted by molar-refractivity contribution is 5.76. The highest BCUT2D eigenvalue weighted by Crippen LogP contribution is 2.19. The van der Waals surface area contributed by atoms with Gasteiger partial charge in [0.25, 0.3) is 0 Å². The van der Waals surface area contributed by atoms with Crippen LogP contribution in [0.3, 0.4) is 0 Å². The maximum Gasteiger partial charge on any atom is 0.305 e. The molecule has 0 radical (unpaired) electrons. The van der Waals surface area contributed by atoms with Crippen molar-refractivity contribution in [2.24, 2.45) is 0 Å². The summed E-state index contributed by atoms with van der Waals surface area (Å²) in [6.45, 7) is 4.96. The van der Waals surface area contributed by atoms with E-state index in [1.165, 1.54) is 327 Å². The van der Waals surface area contributed by atoms with Gasteiger partial charge in [0.2, 0.25) is 5.91 Å². The van der Waals surface area contributed by atoms with E-state index in [0.717, 1.165) is 51.4 Å². The third kappa shape index (κ3) is 65.5. The number of ether oxygens (including phenoxy) is 1. The van der Waals surface area contributed by atoms with Crippen molar-refractivity contribution in [3.8, 4) is 0 Å². The lowest BCUT2D eigenvalue weighted by atomic mass is 10.0. The SMILES string of the molecule is CCCCC/C=C\C/C=C\CCCCCCCC(=O)OCCCCCCCCCCCCCCCCCCCCCCCCCCCCCC(=O)NC(CO)C(O)CCCCCCCCCCCCCCCCCCCCCCC. The molecule has 0 aliphatic rings. The van der Waals surface area contributed by atoms with Gasteiger partial charge in [-0.15, -0.1) is 0 Å². The standard InChI is InChI=1S/C74H143NO5/c1-3-5-7-9-11-13-15-17-19-20-21-29-32-35-39-42-46-50-54-58-62-66-72(77)71(70-76)75-73(78)67-63-59-55-51-47-43-40-36-33-30-27-25-23-22-24-26-28-31-34-37-41-45-49-53-57-61-65-69-80-74(79)68-64-60-56-52-48-44-38-18-16-14-12-10-8-6-4-2/h12,14,18,38,71-72,76-77H,3-11,13,15-17,19-37,39-70H2,1-2H3,(H,75,78)/b14-12-,38-18-. The zero-order chi connectivity index (χ0) is 57.8. The molecule has 0 aliphatic carbocycles. The van der Waals surface area contributed by atoms with Gasteiger partial charge < -0.3 is 20.3 Å². The Morgan fingerprint density at radius 1 is 0.350 bits per heavy atom. The molecule has 2 atom stereocenters. The summed E-state index contributed by atoms with van der Waals surface area (Å²) in [6.07, 6.45) is 88.1. The topological polar surface area (TPSA) is 95.9 Å². The summed E-state index contributed by atoms with van der Waals surface area (Å²) in [4.78, 5) is 24.6. The van der Waals surface area contributed by atoms with E-state index in [4.69, 9.17) is 4.74 Å². The third-order valence-electron chi connectivity index (χ3n) is 17.3. The number of amides is 1. The number of allylic oxidation sites excluding steroid dienone is 4. The first kappa shape index (κ1) is 78.3. The van der Waals surface area contributed by atoms with Crippen molar-refractivity contribution in [1.82, 2.24) is 5.32 Å². The fourth-order valence-electron chi connectivity index (χ4n) is 11.7. The van der Waals surface area contributed by atoms with Crippen molar-refractivity contribution in [2.45, 2.75) is 424 Å². The molecule has 0 bridgehead atoms. The normalized spacial score (nSPS) is 12.6. The summed E-state index contributed by atoms with van der Waals surface area (Å²) in [6, 6.07) is -0.540. The Morgan fingerprint density at radius 2 is 0.625 bits per heavy atom. The maximum atomic E-state index is 12.6. The van der Waals surface area contributed by atoms with E-state index in [-0.39, 0.29) is 18.5 Å². The molecule has 0 heterocycles. The highest BCUT2D eigenvalue weighted by atomic mass is 16.5. The number of carbonyl (C=O) groups is 2. The molecule has 6 nitrogen and oxygen atoms in total. The fraction of sp³-hybridized carbons (Fsp3) is 0.919. The first-order valence-corrected chi connectivity index (χ1v) is 36.6. The lowest BCUT2D eigenvalue weighted by Gasteiger charge is -2.22. The van der Waals surface area contributed by atoms with Gasteiger partial charge in [-0.05, 0) is 57.8 Å². The summed E-state index contributed by atoms with van der Waals surface area (Å²) in [5.41, 5.74) is 0. The van der Waals surface area contributed by atoms with Crippen LogP contribution in [0.2, 0.25) is 0 Å². The average molecular weight is 1130 g/mol. The van der Waals surface area contributed by atoms with E-state index in [0.29, 0.717) is 25.9 Å². The molecular formula is C74H143NO5. The largest absolute Gasteiger partial charge is 0.466 e. The van der Waals surface area contributed by atoms with Crippen LogP contribution in [0.1, 0.15) is 412 Å². The van der Waals surface area contributed by atoms with Gasteiger partial charge in [0.05, 0.1) is 25.4 Å². The van der Waals surface area contributed by atoms with E-state index in [9.17, 15) is 19.8 Å². The molecule has 0 saturated heterocycles. The van der Waals surface area contributed by atoms with Gasteiger partial charge in [-0.2, -0.15) is 0 Å². The Labute approximate surface area is 501 Å². The maximum absolute atomic E-state index is 12.6. The minimum absolute atomic E-state index is 0.00491. The molecule has 80 heavy (non-hydrogen) atoms. The molecule has 0 aliphatic heterocycles. The Hall–Kier alpha value is -1.66. The lowest BCUT2D eigenvalue weighted by molar-refractivity contribution is -0.143. The minimum Gasteiger partial charge on any atom is -0.466 e. The zero-order valence-corrected chi connectivity index (χ0v) is 54.3. The van der Waals surface area contributed by atoms with Crippen LogP contribution in [0.15, 0.2) is 24.3 Å². The summed E-state index contributed by atoms with van der Waals surface area (Å²) in [5, 5.41) is 23.4. The van der Waals surface area contributed by atoms with Crippen LogP contribution < -0.4 is 5.32 Å². The van der Waals surface area contributed by atoms with Crippen molar-refractivity contribution < 1.29 is 24.5 Å². The van der Waals surface area contributed by atoms with E-state index in [1.54, 1.807) is 0 Å². The van der Waals surface area contributed by atoms with E-state index < -0.39 is 12.1 Å². The van der Waals surface area contributed by atoms with Crippen LogP contribution in [0.25, 0.3) is 0 Å². The van der Waals surface area contributed by atoms with E-state index in [2.05, 4.69) is 43.5 Å². The second kappa shape index (κ2) is 69.8. The number of aliphatic hydroxyl groups excluding tert-OH is 2. The molecule has 0 aromatic carbocycles. The van der Waals surface area contributed by atoms with Crippen LogP contribution in [-0.2, 0) is 14.3 Å². The third-order valence-corrected chi connectivity index (χ3v) is 17.3. The Bertz CT molecular complexity index is 1250. The molecule has 1 amide bonds. The summed E-state index contributed by atoms with van der Waals surface area (Å²) >= 11 is 0. The molecule has 474 valence electrons. The van der Waals surface area contributed by atoms with Crippen LogP contribution in [0.4, 0.5) is 0 Å². The van der Waals surface area contributed by atoms with Gasteiger partial charge in [-0.25, -0.2) is 0 Å². The van der Waals surface area contributed by atoms with Crippen molar-refractivity contribution in [3.05, 3.63) is 24.3 Å². The number of rotatable bonds is 69. The van der Waals surface area contributed by atoms with Crippen LogP contribution in [0, 0.1) is 0 Å². The minimum atomic E-state index is -0.663. The highest BCUT2D eigenvalue weighted by Gasteiger charge is 2.20. The van der Waals surface area contributed by atoms with Crippen molar-refractivity contribution in [2.75, 3.05) is 13.2 Å². The Morgan fingerprint density at radius 3 is 0.975 bits per heavy atom. The van der Waals surface area contributed by atoms with Gasteiger partial charge in [-0.1, -0.05) is 366 Å². The van der Waals surface area contributed by atoms with Crippen LogP contribution in [-0.4, -0.2) is 47.4 Å². The molecule has 0 fully saturated rings. The molecule has 2 unspecified atom stereocenters. The summed E-state index contributed by atoms with van der Waals surface area (Å²) < 4.78 is 5.49. The van der Waals surface area contributed by atoms with E-state index >= 15 is 0 Å². The van der Waals surface area contributed by atoms with Gasteiger partial charge in [-0.3, -0.25) is 9.59 Å². The van der Waals surface area contributed by atoms with Gasteiger partial charge in [0.1, 0.15) is 0 Å². The fourth-order valence-corrected chi connectivity index (χ4v) is 11.7. The number of esters is 1. The molecule has 0 rings (SSSR count). The second-order valence-electron chi connectivity index (χ2n) is 25.3. The molecule has 0 spiro atoms.